The zero-order chi connectivity index (χ0) is 17.7. The number of halogens is 1. The first-order chi connectivity index (χ1) is 10.6. The maximum absolute atomic E-state index is 5.96. The SMILES string of the molecule is COCOCC(C)(C)c1cc(Br)cc(C(C)(C)C)c1OCOC. The summed E-state index contributed by atoms with van der Waals surface area (Å²) in [6.07, 6.45) is 0. The van der Waals surface area contributed by atoms with E-state index in [0.29, 0.717) is 6.61 Å². The van der Waals surface area contributed by atoms with Crippen LogP contribution in [0.3, 0.4) is 0 Å². The molecule has 0 amide bonds. The van der Waals surface area contributed by atoms with E-state index in [-0.39, 0.29) is 24.4 Å². The van der Waals surface area contributed by atoms with E-state index in [1.54, 1.807) is 14.2 Å². The highest BCUT2D eigenvalue weighted by Gasteiger charge is 2.30. The second-order valence-corrected chi connectivity index (χ2v) is 8.19. The summed E-state index contributed by atoms with van der Waals surface area (Å²) in [5, 5.41) is 0. The van der Waals surface area contributed by atoms with Gasteiger partial charge in [-0.3, -0.25) is 0 Å². The van der Waals surface area contributed by atoms with E-state index in [9.17, 15) is 0 Å². The lowest BCUT2D eigenvalue weighted by molar-refractivity contribution is -0.0458. The Hall–Kier alpha value is -0.620. The molecular formula is C18H29BrO4. The third kappa shape index (κ3) is 5.75. The van der Waals surface area contributed by atoms with Gasteiger partial charge >= 0.3 is 0 Å². The summed E-state index contributed by atoms with van der Waals surface area (Å²) in [6, 6.07) is 4.21. The zero-order valence-corrected chi connectivity index (χ0v) is 16.9. The lowest BCUT2D eigenvalue weighted by atomic mass is 9.79. The summed E-state index contributed by atoms with van der Waals surface area (Å²) >= 11 is 3.63. The summed E-state index contributed by atoms with van der Waals surface area (Å²) < 4.78 is 22.7. The Bertz CT molecular complexity index is 506. The van der Waals surface area contributed by atoms with E-state index >= 15 is 0 Å². The van der Waals surface area contributed by atoms with Crippen molar-refractivity contribution < 1.29 is 18.9 Å². The molecule has 132 valence electrons. The highest BCUT2D eigenvalue weighted by Crippen LogP contribution is 2.42. The van der Waals surface area contributed by atoms with Gasteiger partial charge in [0.25, 0.3) is 0 Å². The van der Waals surface area contributed by atoms with Gasteiger partial charge in [-0.2, -0.15) is 0 Å². The van der Waals surface area contributed by atoms with Gasteiger partial charge in [0.1, 0.15) is 12.5 Å². The quantitative estimate of drug-likeness (QED) is 0.480. The average Bonchev–Trinajstić information content (AvgIpc) is 2.44. The molecule has 0 saturated carbocycles. The Balaban J connectivity index is 3.35. The molecule has 0 heterocycles. The van der Waals surface area contributed by atoms with E-state index in [2.05, 4.69) is 62.7 Å². The molecule has 0 aliphatic rings. The number of rotatable bonds is 8. The summed E-state index contributed by atoms with van der Waals surface area (Å²) in [7, 11) is 3.25. The average molecular weight is 389 g/mol. The first-order valence-corrected chi connectivity index (χ1v) is 8.45. The highest BCUT2D eigenvalue weighted by molar-refractivity contribution is 9.10. The predicted molar refractivity (Wildman–Crippen MR) is 96.2 cm³/mol. The van der Waals surface area contributed by atoms with Crippen molar-refractivity contribution in [1.82, 2.24) is 0 Å². The molecule has 0 unspecified atom stereocenters. The molecule has 0 aromatic heterocycles. The molecule has 0 aliphatic carbocycles. The Kier molecular flexibility index (Phi) is 7.52. The molecule has 0 spiro atoms. The minimum absolute atomic E-state index is 0.0505. The highest BCUT2D eigenvalue weighted by atomic mass is 79.9. The van der Waals surface area contributed by atoms with Gasteiger partial charge in [0.2, 0.25) is 0 Å². The maximum atomic E-state index is 5.96. The molecule has 4 nitrogen and oxygen atoms in total. The predicted octanol–water partition coefficient (Wildman–Crippen LogP) is 4.63. The van der Waals surface area contributed by atoms with Crippen LogP contribution in [0.25, 0.3) is 0 Å². The largest absolute Gasteiger partial charge is 0.467 e. The van der Waals surface area contributed by atoms with Crippen molar-refractivity contribution in [2.45, 2.75) is 45.4 Å². The molecule has 0 fully saturated rings. The molecule has 0 aliphatic heterocycles. The van der Waals surface area contributed by atoms with Crippen LogP contribution in [0.1, 0.15) is 45.7 Å². The van der Waals surface area contributed by atoms with E-state index in [1.807, 2.05) is 0 Å². The van der Waals surface area contributed by atoms with Gasteiger partial charge in [0.15, 0.2) is 6.79 Å². The van der Waals surface area contributed by atoms with Gasteiger partial charge in [-0.05, 0) is 17.5 Å². The number of methoxy groups -OCH3 is 2. The summed E-state index contributed by atoms with van der Waals surface area (Å²) in [5.41, 5.74) is 1.94. The summed E-state index contributed by atoms with van der Waals surface area (Å²) in [5.74, 6) is 0.869. The van der Waals surface area contributed by atoms with Gasteiger partial charge in [-0.25, -0.2) is 0 Å². The van der Waals surface area contributed by atoms with Crippen LogP contribution in [0.4, 0.5) is 0 Å². The molecule has 0 bridgehead atoms. The van der Waals surface area contributed by atoms with Crippen LogP contribution in [-0.4, -0.2) is 34.4 Å². The zero-order valence-electron chi connectivity index (χ0n) is 15.3. The monoisotopic (exact) mass is 388 g/mol. The first kappa shape index (κ1) is 20.4. The van der Waals surface area contributed by atoms with Crippen molar-refractivity contribution in [3.63, 3.8) is 0 Å². The fourth-order valence-electron chi connectivity index (χ4n) is 2.38. The van der Waals surface area contributed by atoms with Crippen LogP contribution in [0.15, 0.2) is 16.6 Å². The topological polar surface area (TPSA) is 36.9 Å². The molecule has 0 radical (unpaired) electrons. The van der Waals surface area contributed by atoms with Crippen molar-refractivity contribution in [1.29, 1.82) is 0 Å². The van der Waals surface area contributed by atoms with Crippen LogP contribution in [-0.2, 0) is 25.0 Å². The van der Waals surface area contributed by atoms with Crippen LogP contribution in [0.5, 0.6) is 5.75 Å². The Morgan fingerprint density at radius 3 is 2.00 bits per heavy atom. The fraction of sp³-hybridized carbons (Fsp3) is 0.667. The number of hydrogen-bond donors (Lipinski definition) is 0. The fourth-order valence-corrected chi connectivity index (χ4v) is 2.84. The van der Waals surface area contributed by atoms with E-state index in [1.165, 1.54) is 0 Å². The molecule has 1 rings (SSSR count). The summed E-state index contributed by atoms with van der Waals surface area (Å²) in [4.78, 5) is 0. The third-order valence-electron chi connectivity index (χ3n) is 3.58. The van der Waals surface area contributed by atoms with E-state index < -0.39 is 0 Å². The second kappa shape index (κ2) is 8.47. The molecule has 1 aromatic carbocycles. The van der Waals surface area contributed by atoms with Crippen molar-refractivity contribution in [3.8, 4) is 5.75 Å². The van der Waals surface area contributed by atoms with E-state index in [0.717, 1.165) is 21.3 Å². The minimum atomic E-state index is -0.231. The van der Waals surface area contributed by atoms with Crippen LogP contribution >= 0.6 is 15.9 Å². The van der Waals surface area contributed by atoms with Crippen LogP contribution in [0.2, 0.25) is 0 Å². The lowest BCUT2D eigenvalue weighted by Gasteiger charge is -2.32. The molecule has 23 heavy (non-hydrogen) atoms. The third-order valence-corrected chi connectivity index (χ3v) is 4.03. The Labute approximate surface area is 148 Å². The van der Waals surface area contributed by atoms with Crippen molar-refractivity contribution in [3.05, 3.63) is 27.7 Å². The molecule has 0 saturated heterocycles. The number of hydrogen-bond acceptors (Lipinski definition) is 4. The molecule has 1 aromatic rings. The lowest BCUT2D eigenvalue weighted by Crippen LogP contribution is -2.27. The molecule has 5 heteroatoms. The van der Waals surface area contributed by atoms with Crippen LogP contribution < -0.4 is 4.74 Å². The van der Waals surface area contributed by atoms with Crippen molar-refractivity contribution in [2.24, 2.45) is 0 Å². The van der Waals surface area contributed by atoms with Gasteiger partial charge in [-0.1, -0.05) is 50.5 Å². The van der Waals surface area contributed by atoms with Gasteiger partial charge in [0, 0.05) is 35.2 Å². The minimum Gasteiger partial charge on any atom is -0.467 e. The maximum Gasteiger partial charge on any atom is 0.188 e. The smallest absolute Gasteiger partial charge is 0.188 e. The summed E-state index contributed by atoms with van der Waals surface area (Å²) in [6.45, 7) is 11.8. The second-order valence-electron chi connectivity index (χ2n) is 7.27. The van der Waals surface area contributed by atoms with Gasteiger partial charge in [0.05, 0.1) is 6.61 Å². The van der Waals surface area contributed by atoms with Crippen molar-refractivity contribution >= 4 is 15.9 Å². The van der Waals surface area contributed by atoms with Gasteiger partial charge < -0.3 is 18.9 Å². The first-order valence-electron chi connectivity index (χ1n) is 7.66. The number of ether oxygens (including phenoxy) is 4. The Morgan fingerprint density at radius 2 is 1.48 bits per heavy atom. The Morgan fingerprint density at radius 1 is 0.913 bits per heavy atom. The van der Waals surface area contributed by atoms with Crippen molar-refractivity contribution in [2.75, 3.05) is 34.4 Å². The van der Waals surface area contributed by atoms with Crippen LogP contribution in [0, 0.1) is 0 Å². The number of benzene rings is 1. The standard InChI is InChI=1S/C18H29BrO4/c1-17(2,3)14-8-13(19)9-15(16(14)23-12-21-7)18(4,5)10-22-11-20-6/h8-9H,10-12H2,1-7H3. The molecular weight excluding hydrogens is 360 g/mol. The van der Waals surface area contributed by atoms with E-state index in [4.69, 9.17) is 18.9 Å². The normalized spacial score (nSPS) is 12.5. The van der Waals surface area contributed by atoms with Gasteiger partial charge in [-0.15, -0.1) is 0 Å². The molecule has 0 atom stereocenters. The molecule has 0 N–H and O–H groups in total.